The summed E-state index contributed by atoms with van der Waals surface area (Å²) in [5.74, 6) is 2.39. The molecule has 1 saturated heterocycles. The molecule has 1 heterocycles. The van der Waals surface area contributed by atoms with E-state index in [0.29, 0.717) is 0 Å². The highest BCUT2D eigenvalue weighted by Gasteiger charge is 2.48. The lowest BCUT2D eigenvalue weighted by molar-refractivity contribution is 0.0147. The largest absolute Gasteiger partial charge is 0.329 e. The highest BCUT2D eigenvalue weighted by Crippen LogP contribution is 2.45. The van der Waals surface area contributed by atoms with Crippen LogP contribution in [-0.2, 0) is 6.54 Å². The van der Waals surface area contributed by atoms with Gasteiger partial charge in [-0.25, -0.2) is 0 Å². The predicted octanol–water partition coefficient (Wildman–Crippen LogP) is 3.29. The average Bonchev–Trinajstić information content (AvgIpc) is 2.41. The molecule has 1 aliphatic heterocycles. The number of benzene rings is 1. The third-order valence-corrected chi connectivity index (χ3v) is 6.38. The third kappa shape index (κ3) is 2.76. The Morgan fingerprint density at radius 1 is 1.30 bits per heavy atom. The maximum Gasteiger partial charge on any atom is 0.0473 e. The number of aryl methyl sites for hydroxylation is 1. The van der Waals surface area contributed by atoms with Gasteiger partial charge in [-0.2, -0.15) is 11.8 Å². The molecule has 0 spiro atoms. The Labute approximate surface area is 128 Å². The van der Waals surface area contributed by atoms with Crippen LogP contribution in [-0.4, -0.2) is 35.5 Å². The molecule has 1 atom stereocenters. The first-order valence-electron chi connectivity index (χ1n) is 7.46. The van der Waals surface area contributed by atoms with Gasteiger partial charge in [-0.15, -0.1) is 0 Å². The van der Waals surface area contributed by atoms with Crippen molar-refractivity contribution in [1.82, 2.24) is 4.90 Å². The van der Waals surface area contributed by atoms with E-state index in [2.05, 4.69) is 68.7 Å². The number of thioether (sulfide) groups is 1. The van der Waals surface area contributed by atoms with Crippen molar-refractivity contribution in [2.45, 2.75) is 39.3 Å². The minimum Gasteiger partial charge on any atom is -0.329 e. The fraction of sp³-hybridized carbons (Fsp3) is 0.647. The zero-order valence-corrected chi connectivity index (χ0v) is 14.1. The van der Waals surface area contributed by atoms with E-state index in [9.17, 15) is 0 Å². The smallest absolute Gasteiger partial charge is 0.0473 e. The van der Waals surface area contributed by atoms with Gasteiger partial charge in [0.15, 0.2) is 0 Å². The summed E-state index contributed by atoms with van der Waals surface area (Å²) in [6, 6.07) is 8.67. The summed E-state index contributed by atoms with van der Waals surface area (Å²) in [4.78, 5) is 2.50. The lowest BCUT2D eigenvalue weighted by atomic mass is 9.69. The van der Waals surface area contributed by atoms with Crippen molar-refractivity contribution in [3.05, 3.63) is 35.4 Å². The molecule has 0 aliphatic carbocycles. The van der Waals surface area contributed by atoms with Gasteiger partial charge in [0.2, 0.25) is 0 Å². The zero-order valence-electron chi connectivity index (χ0n) is 13.3. The molecule has 3 heteroatoms. The van der Waals surface area contributed by atoms with Crippen LogP contribution < -0.4 is 5.73 Å². The van der Waals surface area contributed by atoms with Crippen LogP contribution in [0.1, 0.15) is 31.4 Å². The molecule has 2 N–H and O–H groups in total. The van der Waals surface area contributed by atoms with Crippen LogP contribution >= 0.6 is 11.8 Å². The Hall–Kier alpha value is -0.510. The van der Waals surface area contributed by atoms with E-state index < -0.39 is 0 Å². The summed E-state index contributed by atoms with van der Waals surface area (Å²) in [5, 5.41) is 0. The zero-order chi connectivity index (χ0) is 14.8. The van der Waals surface area contributed by atoms with E-state index in [1.165, 1.54) is 23.3 Å². The molecule has 0 saturated carbocycles. The lowest BCUT2D eigenvalue weighted by Crippen LogP contribution is -2.64. The van der Waals surface area contributed by atoms with Gasteiger partial charge in [0.1, 0.15) is 0 Å². The highest BCUT2D eigenvalue weighted by molar-refractivity contribution is 7.99. The summed E-state index contributed by atoms with van der Waals surface area (Å²) >= 11 is 2.05. The monoisotopic (exact) mass is 292 g/mol. The first-order chi connectivity index (χ1) is 9.43. The van der Waals surface area contributed by atoms with Gasteiger partial charge in [0, 0.05) is 24.4 Å². The molecular formula is C17H28N2S. The number of nitrogens with two attached hydrogens (primary N) is 1. The standard InChI is InChI=1S/C17H28N2S/c1-14-7-5-6-8-15(14)11-19(4)17(12-18)13-20-10-9-16(17,2)3/h5-8H,9-13,18H2,1-4H3. The first kappa shape index (κ1) is 15.9. The minimum absolute atomic E-state index is 0.0954. The summed E-state index contributed by atoms with van der Waals surface area (Å²) in [5.41, 5.74) is 9.39. The third-order valence-electron chi connectivity index (χ3n) is 5.21. The van der Waals surface area contributed by atoms with Crippen molar-refractivity contribution in [2.24, 2.45) is 11.1 Å². The molecule has 1 unspecified atom stereocenters. The van der Waals surface area contributed by atoms with Crippen molar-refractivity contribution in [2.75, 3.05) is 25.1 Å². The van der Waals surface area contributed by atoms with Crippen LogP contribution in [0.15, 0.2) is 24.3 Å². The van der Waals surface area contributed by atoms with Crippen molar-refractivity contribution >= 4 is 11.8 Å². The van der Waals surface area contributed by atoms with E-state index in [0.717, 1.165) is 18.8 Å². The van der Waals surface area contributed by atoms with Crippen molar-refractivity contribution in [3.8, 4) is 0 Å². The Balaban J connectivity index is 2.25. The normalized spacial score (nSPS) is 25.9. The summed E-state index contributed by atoms with van der Waals surface area (Å²) in [6.45, 7) is 8.67. The molecule has 0 amide bonds. The van der Waals surface area contributed by atoms with E-state index in [-0.39, 0.29) is 11.0 Å². The van der Waals surface area contributed by atoms with Crippen LogP contribution in [0, 0.1) is 12.3 Å². The Bertz CT molecular complexity index is 458. The molecule has 1 aromatic rings. The molecule has 20 heavy (non-hydrogen) atoms. The molecule has 2 nitrogen and oxygen atoms in total. The van der Waals surface area contributed by atoms with Gasteiger partial charge in [0.05, 0.1) is 0 Å². The van der Waals surface area contributed by atoms with Crippen LogP contribution in [0.4, 0.5) is 0 Å². The van der Waals surface area contributed by atoms with E-state index in [1.807, 2.05) is 0 Å². The summed E-state index contributed by atoms with van der Waals surface area (Å²) in [6.07, 6.45) is 1.24. The van der Waals surface area contributed by atoms with Gasteiger partial charge in [-0.05, 0) is 42.7 Å². The molecule has 1 fully saturated rings. The van der Waals surface area contributed by atoms with E-state index in [1.54, 1.807) is 0 Å². The van der Waals surface area contributed by atoms with Crippen LogP contribution in [0.5, 0.6) is 0 Å². The minimum atomic E-state index is 0.0954. The number of rotatable bonds is 4. The fourth-order valence-corrected chi connectivity index (χ4v) is 5.17. The molecule has 1 aliphatic rings. The predicted molar refractivity (Wildman–Crippen MR) is 90.2 cm³/mol. The van der Waals surface area contributed by atoms with Gasteiger partial charge in [-0.1, -0.05) is 38.1 Å². The molecule has 112 valence electrons. The summed E-state index contributed by atoms with van der Waals surface area (Å²) in [7, 11) is 2.24. The molecule has 2 rings (SSSR count). The Morgan fingerprint density at radius 2 is 2.00 bits per heavy atom. The number of hydrogen-bond acceptors (Lipinski definition) is 3. The topological polar surface area (TPSA) is 29.3 Å². The van der Waals surface area contributed by atoms with Gasteiger partial charge in [0.25, 0.3) is 0 Å². The number of likely N-dealkylation sites (N-methyl/N-ethyl adjacent to an activating group) is 1. The van der Waals surface area contributed by atoms with E-state index >= 15 is 0 Å². The highest BCUT2D eigenvalue weighted by atomic mass is 32.2. The van der Waals surface area contributed by atoms with Gasteiger partial charge < -0.3 is 5.73 Å². The van der Waals surface area contributed by atoms with Crippen LogP contribution in [0.3, 0.4) is 0 Å². The summed E-state index contributed by atoms with van der Waals surface area (Å²) < 4.78 is 0. The quantitative estimate of drug-likeness (QED) is 0.923. The second kappa shape index (κ2) is 6.08. The maximum atomic E-state index is 6.25. The lowest BCUT2D eigenvalue weighted by Gasteiger charge is -2.54. The van der Waals surface area contributed by atoms with Gasteiger partial charge >= 0.3 is 0 Å². The second-order valence-corrected chi connectivity index (χ2v) is 7.81. The molecule has 1 aromatic carbocycles. The molecule has 0 aromatic heterocycles. The Morgan fingerprint density at radius 3 is 2.60 bits per heavy atom. The number of hydrogen-bond donors (Lipinski definition) is 1. The second-order valence-electron chi connectivity index (χ2n) is 6.70. The van der Waals surface area contributed by atoms with E-state index in [4.69, 9.17) is 5.73 Å². The fourth-order valence-electron chi connectivity index (χ4n) is 3.31. The van der Waals surface area contributed by atoms with Crippen molar-refractivity contribution in [1.29, 1.82) is 0 Å². The molecular weight excluding hydrogens is 264 g/mol. The van der Waals surface area contributed by atoms with Crippen LogP contribution in [0.2, 0.25) is 0 Å². The van der Waals surface area contributed by atoms with Gasteiger partial charge in [-0.3, -0.25) is 4.90 Å². The van der Waals surface area contributed by atoms with Crippen LogP contribution in [0.25, 0.3) is 0 Å². The first-order valence-corrected chi connectivity index (χ1v) is 8.62. The van der Waals surface area contributed by atoms with Crippen molar-refractivity contribution in [3.63, 3.8) is 0 Å². The molecule has 0 radical (unpaired) electrons. The maximum absolute atomic E-state index is 6.25. The molecule has 0 bridgehead atoms. The number of nitrogens with zero attached hydrogens (tertiary/aromatic N) is 1. The average molecular weight is 292 g/mol. The Kier molecular flexibility index (Phi) is 4.83. The van der Waals surface area contributed by atoms with Crippen molar-refractivity contribution < 1.29 is 0 Å². The SMILES string of the molecule is Cc1ccccc1CN(C)C1(CN)CSCCC1(C)C.